The van der Waals surface area contributed by atoms with Gasteiger partial charge in [-0.3, -0.25) is 13.6 Å². The minimum absolute atomic E-state index is 0.302. The minimum atomic E-state index is -4.88. The third kappa shape index (κ3) is 4.42. The summed E-state index contributed by atoms with van der Waals surface area (Å²) in [5, 5.41) is 0. The molecule has 0 radical (unpaired) electrons. The Morgan fingerprint density at radius 1 is 0.857 bits per heavy atom. The normalized spacial score (nSPS) is 16.8. The second-order valence-corrected chi connectivity index (χ2v) is 8.51. The highest BCUT2D eigenvalue weighted by Gasteiger charge is 2.48. The third-order valence-corrected chi connectivity index (χ3v) is 6.35. The van der Waals surface area contributed by atoms with Crippen molar-refractivity contribution >= 4 is 7.60 Å². The number of hydrogen-bond donors (Lipinski definition) is 0. The Morgan fingerprint density at radius 2 is 1.39 bits per heavy atom. The molecule has 0 N–H and O–H groups in total. The molecule has 1 unspecified atom stereocenters. The first-order chi connectivity index (χ1) is 12.9. The van der Waals surface area contributed by atoms with Crippen molar-refractivity contribution in [1.82, 2.24) is 0 Å². The van der Waals surface area contributed by atoms with E-state index < -0.39 is 38.8 Å². The van der Waals surface area contributed by atoms with Crippen molar-refractivity contribution in [2.24, 2.45) is 0 Å². The first-order valence-corrected chi connectivity index (χ1v) is 9.73. The number of aryl methyl sites for hydroxylation is 1. The van der Waals surface area contributed by atoms with Crippen LogP contribution in [-0.2, 0) is 13.6 Å². The Bertz CT molecular complexity index is 900. The molecular formula is C18H15F6O3P. The van der Waals surface area contributed by atoms with E-state index in [1.165, 1.54) is 12.1 Å². The average Bonchev–Trinajstić information content (AvgIpc) is 2.91. The van der Waals surface area contributed by atoms with Crippen molar-refractivity contribution in [1.29, 1.82) is 0 Å². The number of benzene rings is 2. The van der Waals surface area contributed by atoms with Crippen LogP contribution in [0.25, 0.3) is 11.1 Å². The van der Waals surface area contributed by atoms with Crippen molar-refractivity contribution in [2.45, 2.75) is 24.9 Å². The van der Waals surface area contributed by atoms with Gasteiger partial charge in [0, 0.05) is 0 Å². The molecule has 0 heterocycles. The molecule has 0 bridgehead atoms. The fourth-order valence-electron chi connectivity index (χ4n) is 3.14. The van der Waals surface area contributed by atoms with Gasteiger partial charge in [-0.1, -0.05) is 48.0 Å². The zero-order valence-electron chi connectivity index (χ0n) is 14.5. The molecule has 3 nitrogen and oxygen atoms in total. The maximum Gasteiger partial charge on any atom is 0.412 e. The summed E-state index contributed by atoms with van der Waals surface area (Å²) in [6.45, 7) is -2.18. The average molecular weight is 424 g/mol. The van der Waals surface area contributed by atoms with Gasteiger partial charge in [0.15, 0.2) is 13.2 Å². The fraction of sp³-hybridized carbons (Fsp3) is 0.333. The molecule has 28 heavy (non-hydrogen) atoms. The minimum Gasteiger partial charge on any atom is -0.298 e. The lowest BCUT2D eigenvalue weighted by molar-refractivity contribution is -0.165. The lowest BCUT2D eigenvalue weighted by atomic mass is 10.0. The lowest BCUT2D eigenvalue weighted by Gasteiger charge is -2.26. The highest BCUT2D eigenvalue weighted by molar-refractivity contribution is 7.54. The van der Waals surface area contributed by atoms with Crippen molar-refractivity contribution in [2.75, 3.05) is 13.2 Å². The van der Waals surface area contributed by atoms with Crippen LogP contribution >= 0.6 is 7.60 Å². The van der Waals surface area contributed by atoms with E-state index in [2.05, 4.69) is 9.05 Å². The number of rotatable bonds is 5. The van der Waals surface area contributed by atoms with Crippen molar-refractivity contribution < 1.29 is 40.0 Å². The third-order valence-electron chi connectivity index (χ3n) is 4.18. The smallest absolute Gasteiger partial charge is 0.298 e. The van der Waals surface area contributed by atoms with E-state index in [4.69, 9.17) is 0 Å². The van der Waals surface area contributed by atoms with Gasteiger partial charge in [0.05, 0.1) is 0 Å². The topological polar surface area (TPSA) is 35.5 Å². The maximum absolute atomic E-state index is 13.3. The molecule has 0 spiro atoms. The zero-order chi connectivity index (χ0) is 20.7. The number of fused-ring (bicyclic) bond motifs is 3. The van der Waals surface area contributed by atoms with Crippen LogP contribution in [0.1, 0.15) is 22.3 Å². The first kappa shape index (κ1) is 20.9. The van der Waals surface area contributed by atoms with Gasteiger partial charge < -0.3 is 0 Å². The number of alkyl halides is 6. The summed E-state index contributed by atoms with van der Waals surface area (Å²) in [6.07, 6.45) is -9.77. The van der Waals surface area contributed by atoms with Gasteiger partial charge in [-0.05, 0) is 29.2 Å². The largest absolute Gasteiger partial charge is 0.412 e. The maximum atomic E-state index is 13.3. The SMILES string of the molecule is Cc1ccc2c(c1)-c1ccccc1C2P(=O)(OCC(F)(F)F)OCC(F)(F)F. The van der Waals surface area contributed by atoms with Crippen LogP contribution in [0.2, 0.25) is 0 Å². The summed E-state index contributed by atoms with van der Waals surface area (Å²) in [5.41, 5.74) is 1.19. The van der Waals surface area contributed by atoms with Gasteiger partial charge in [-0.15, -0.1) is 0 Å². The molecule has 0 aromatic heterocycles. The van der Waals surface area contributed by atoms with Gasteiger partial charge in [0.2, 0.25) is 0 Å². The standard InChI is InChI=1S/C18H15F6O3P/c1-11-6-7-14-15(8-11)12-4-2-3-5-13(12)16(14)28(25,26-9-17(19,20)21)27-10-18(22,23)24/h2-8,16H,9-10H2,1H3. The molecule has 1 atom stereocenters. The van der Waals surface area contributed by atoms with Gasteiger partial charge in [-0.2, -0.15) is 26.3 Å². The summed E-state index contributed by atoms with van der Waals surface area (Å²) >= 11 is 0. The summed E-state index contributed by atoms with van der Waals surface area (Å²) in [6, 6.07) is 11.3. The van der Waals surface area contributed by atoms with Gasteiger partial charge in [0.25, 0.3) is 0 Å². The van der Waals surface area contributed by atoms with Gasteiger partial charge in [-0.25, -0.2) is 0 Å². The molecule has 0 aliphatic heterocycles. The number of hydrogen-bond acceptors (Lipinski definition) is 3. The summed E-state index contributed by atoms with van der Waals surface area (Å²) in [5.74, 6) is 0. The molecule has 0 fully saturated rings. The Balaban J connectivity index is 2.10. The van der Waals surface area contributed by atoms with Crippen LogP contribution in [0.4, 0.5) is 26.3 Å². The molecule has 2 aromatic carbocycles. The van der Waals surface area contributed by atoms with Crippen LogP contribution in [-0.4, -0.2) is 25.6 Å². The molecule has 0 amide bonds. The zero-order valence-corrected chi connectivity index (χ0v) is 15.4. The summed E-state index contributed by atoms with van der Waals surface area (Å²) in [4.78, 5) is 0. The lowest BCUT2D eigenvalue weighted by Crippen LogP contribution is -2.21. The highest BCUT2D eigenvalue weighted by Crippen LogP contribution is 2.69. The Kier molecular flexibility index (Phi) is 5.38. The molecule has 1 aliphatic rings. The van der Waals surface area contributed by atoms with E-state index in [1.54, 1.807) is 37.3 Å². The van der Waals surface area contributed by atoms with Crippen LogP contribution in [0.15, 0.2) is 42.5 Å². The van der Waals surface area contributed by atoms with Crippen LogP contribution in [0.5, 0.6) is 0 Å². The van der Waals surface area contributed by atoms with Crippen molar-refractivity contribution in [3.8, 4) is 11.1 Å². The first-order valence-electron chi connectivity index (χ1n) is 8.12. The number of halogens is 6. The van der Waals surface area contributed by atoms with E-state index in [0.717, 1.165) is 5.56 Å². The predicted molar refractivity (Wildman–Crippen MR) is 90.1 cm³/mol. The molecule has 0 saturated heterocycles. The predicted octanol–water partition coefficient (Wildman–Crippen LogP) is 6.42. The molecule has 152 valence electrons. The van der Waals surface area contributed by atoms with E-state index in [0.29, 0.717) is 22.3 Å². The fourth-order valence-corrected chi connectivity index (χ4v) is 5.30. The van der Waals surface area contributed by atoms with Crippen LogP contribution in [0, 0.1) is 6.92 Å². The van der Waals surface area contributed by atoms with Crippen molar-refractivity contribution in [3.63, 3.8) is 0 Å². The Hall–Kier alpha value is -1.83. The van der Waals surface area contributed by atoms with E-state index >= 15 is 0 Å². The summed E-state index contributed by atoms with van der Waals surface area (Å²) < 4.78 is 98.3. The van der Waals surface area contributed by atoms with Crippen molar-refractivity contribution in [3.05, 3.63) is 59.2 Å². The second kappa shape index (κ2) is 7.21. The molecule has 3 rings (SSSR count). The van der Waals surface area contributed by atoms with E-state index in [-0.39, 0.29) is 0 Å². The van der Waals surface area contributed by atoms with Gasteiger partial charge >= 0.3 is 19.9 Å². The Morgan fingerprint density at radius 3 is 1.96 bits per heavy atom. The van der Waals surface area contributed by atoms with E-state index in [1.807, 2.05) is 0 Å². The van der Waals surface area contributed by atoms with E-state index in [9.17, 15) is 30.9 Å². The molecule has 2 aromatic rings. The monoisotopic (exact) mass is 424 g/mol. The second-order valence-electron chi connectivity index (χ2n) is 6.40. The quantitative estimate of drug-likeness (QED) is 0.411. The molecule has 0 saturated carbocycles. The molecule has 1 aliphatic carbocycles. The highest BCUT2D eigenvalue weighted by atomic mass is 31.2. The van der Waals surface area contributed by atoms with Crippen LogP contribution < -0.4 is 0 Å². The summed E-state index contributed by atoms with van der Waals surface area (Å²) in [7, 11) is -4.88. The molecule has 10 heteroatoms. The van der Waals surface area contributed by atoms with Gasteiger partial charge in [0.1, 0.15) is 5.66 Å². The molecular weight excluding hydrogens is 409 g/mol. The van der Waals surface area contributed by atoms with Crippen LogP contribution in [0.3, 0.4) is 0 Å². The Labute approximate surface area is 156 Å².